The summed E-state index contributed by atoms with van der Waals surface area (Å²) < 4.78 is 0. The number of hydrogen-bond acceptors (Lipinski definition) is 2. The largest absolute Gasteiger partial charge is 0.340 e. The Bertz CT molecular complexity index is 611. The van der Waals surface area contributed by atoms with E-state index in [2.05, 4.69) is 4.90 Å². The van der Waals surface area contributed by atoms with Crippen molar-refractivity contribution in [2.45, 2.75) is 56.9 Å². The highest BCUT2D eigenvalue weighted by atomic mass is 35.5. The number of halogens is 3. The molecule has 0 radical (unpaired) electrons. The molecule has 0 bridgehead atoms. The van der Waals surface area contributed by atoms with Crippen molar-refractivity contribution in [2.75, 3.05) is 26.7 Å². The van der Waals surface area contributed by atoms with Gasteiger partial charge in [-0.2, -0.15) is 0 Å². The molecule has 1 heterocycles. The molecule has 1 amide bonds. The second-order valence-corrected chi connectivity index (χ2v) is 8.44. The number of carbonyl (C=O) groups is 1. The zero-order valence-electron chi connectivity index (χ0n) is 15.5. The standard InChI is InChI=1S/C20H28Cl2N2O.ClH/c1-23(19(25)16-8-9-17(21)18(22)14-16)15-20(10-4-2-5-11-20)24-12-6-3-7-13-24;/h8-9,14H,2-7,10-13,15H2,1H3;1H. The Morgan fingerprint density at radius 1 is 1.04 bits per heavy atom. The monoisotopic (exact) mass is 418 g/mol. The van der Waals surface area contributed by atoms with Gasteiger partial charge in [0.2, 0.25) is 0 Å². The van der Waals surface area contributed by atoms with Crippen LogP contribution >= 0.6 is 35.6 Å². The Morgan fingerprint density at radius 3 is 2.27 bits per heavy atom. The van der Waals surface area contributed by atoms with Crippen LogP contribution in [0.15, 0.2) is 18.2 Å². The van der Waals surface area contributed by atoms with E-state index in [1.807, 2.05) is 11.9 Å². The molecule has 0 spiro atoms. The van der Waals surface area contributed by atoms with Crippen LogP contribution in [0.2, 0.25) is 10.0 Å². The zero-order chi connectivity index (χ0) is 17.9. The molecule has 6 heteroatoms. The summed E-state index contributed by atoms with van der Waals surface area (Å²) in [5.74, 6) is 0.0283. The third-order valence-corrected chi connectivity index (χ3v) is 6.59. The van der Waals surface area contributed by atoms with Crippen LogP contribution in [0.25, 0.3) is 0 Å². The quantitative estimate of drug-likeness (QED) is 0.627. The predicted molar refractivity (Wildman–Crippen MR) is 112 cm³/mol. The maximum absolute atomic E-state index is 12.9. The van der Waals surface area contributed by atoms with Gasteiger partial charge in [0.1, 0.15) is 0 Å². The third-order valence-electron chi connectivity index (χ3n) is 5.86. The van der Waals surface area contributed by atoms with Gasteiger partial charge in [-0.05, 0) is 57.0 Å². The maximum atomic E-state index is 12.9. The molecule has 0 N–H and O–H groups in total. The average Bonchev–Trinajstić information content (AvgIpc) is 2.65. The van der Waals surface area contributed by atoms with Crippen LogP contribution in [0, 0.1) is 0 Å². The van der Waals surface area contributed by atoms with E-state index in [4.69, 9.17) is 23.2 Å². The van der Waals surface area contributed by atoms with Crippen LogP contribution in [-0.4, -0.2) is 47.9 Å². The minimum atomic E-state index is 0. The van der Waals surface area contributed by atoms with Gasteiger partial charge >= 0.3 is 0 Å². The SMILES string of the molecule is CN(CC1(N2CCCCC2)CCCCC1)C(=O)c1ccc(Cl)c(Cl)c1.Cl. The Morgan fingerprint density at radius 2 is 1.65 bits per heavy atom. The maximum Gasteiger partial charge on any atom is 0.253 e. The van der Waals surface area contributed by atoms with Crippen LogP contribution in [0.4, 0.5) is 0 Å². The van der Waals surface area contributed by atoms with Crippen molar-refractivity contribution in [3.05, 3.63) is 33.8 Å². The lowest BCUT2D eigenvalue weighted by Crippen LogP contribution is -2.58. The molecule has 1 aliphatic heterocycles. The van der Waals surface area contributed by atoms with Crippen LogP contribution in [-0.2, 0) is 0 Å². The van der Waals surface area contributed by atoms with Crippen molar-refractivity contribution in [1.82, 2.24) is 9.80 Å². The highest BCUT2D eigenvalue weighted by molar-refractivity contribution is 6.42. The molecule has 1 saturated carbocycles. The Hall–Kier alpha value is -0.480. The summed E-state index contributed by atoms with van der Waals surface area (Å²) in [6, 6.07) is 5.14. The fraction of sp³-hybridized carbons (Fsp3) is 0.650. The van der Waals surface area contributed by atoms with Crippen molar-refractivity contribution in [3.63, 3.8) is 0 Å². The van der Waals surface area contributed by atoms with Crippen LogP contribution in [0.1, 0.15) is 61.7 Å². The van der Waals surface area contributed by atoms with Crippen molar-refractivity contribution in [3.8, 4) is 0 Å². The molecule has 0 atom stereocenters. The van der Waals surface area contributed by atoms with Crippen molar-refractivity contribution < 1.29 is 4.79 Å². The Balaban J connectivity index is 0.00000243. The van der Waals surface area contributed by atoms with E-state index in [1.54, 1.807) is 18.2 Å². The molecule has 3 rings (SSSR count). The summed E-state index contributed by atoms with van der Waals surface area (Å²) in [4.78, 5) is 17.5. The minimum absolute atomic E-state index is 0. The van der Waals surface area contributed by atoms with Gasteiger partial charge in [0.15, 0.2) is 0 Å². The molecule has 1 aromatic carbocycles. The van der Waals surface area contributed by atoms with Gasteiger partial charge in [-0.25, -0.2) is 0 Å². The zero-order valence-corrected chi connectivity index (χ0v) is 17.8. The Kier molecular flexibility index (Phi) is 8.08. The second kappa shape index (κ2) is 9.64. The van der Waals surface area contributed by atoms with Crippen LogP contribution < -0.4 is 0 Å². The summed E-state index contributed by atoms with van der Waals surface area (Å²) >= 11 is 12.1. The molecule has 1 aliphatic carbocycles. The lowest BCUT2D eigenvalue weighted by Gasteiger charge is -2.49. The van der Waals surface area contributed by atoms with Crippen molar-refractivity contribution in [2.24, 2.45) is 0 Å². The first kappa shape index (κ1) is 21.8. The molecule has 1 saturated heterocycles. The fourth-order valence-corrected chi connectivity index (χ4v) is 4.81. The second-order valence-electron chi connectivity index (χ2n) is 7.62. The lowest BCUT2D eigenvalue weighted by molar-refractivity contribution is 0.00990. The first-order valence-electron chi connectivity index (χ1n) is 9.47. The number of rotatable bonds is 4. The number of benzene rings is 1. The number of likely N-dealkylation sites (N-methyl/N-ethyl adjacent to an activating group) is 1. The summed E-state index contributed by atoms with van der Waals surface area (Å²) in [5.41, 5.74) is 0.765. The Labute approximate surface area is 173 Å². The van der Waals surface area contributed by atoms with Crippen molar-refractivity contribution in [1.29, 1.82) is 0 Å². The van der Waals surface area contributed by atoms with Gasteiger partial charge in [0, 0.05) is 24.7 Å². The van der Waals surface area contributed by atoms with Gasteiger partial charge in [0.05, 0.1) is 10.0 Å². The van der Waals surface area contributed by atoms with Crippen LogP contribution in [0.3, 0.4) is 0 Å². The van der Waals surface area contributed by atoms with E-state index in [9.17, 15) is 4.79 Å². The lowest BCUT2D eigenvalue weighted by atomic mass is 9.78. The third kappa shape index (κ3) is 4.86. The summed E-state index contributed by atoms with van der Waals surface area (Å²) in [7, 11) is 1.92. The van der Waals surface area contributed by atoms with Gasteiger partial charge in [-0.15, -0.1) is 12.4 Å². The van der Waals surface area contributed by atoms with Gasteiger partial charge in [-0.1, -0.05) is 48.9 Å². The molecule has 2 fully saturated rings. The fourth-order valence-electron chi connectivity index (χ4n) is 4.52. The number of carbonyl (C=O) groups excluding carboxylic acids is 1. The number of nitrogens with zero attached hydrogens (tertiary/aromatic N) is 2. The predicted octanol–water partition coefficient (Wildman–Crippen LogP) is 5.68. The van der Waals surface area contributed by atoms with E-state index in [0.717, 1.165) is 6.54 Å². The molecule has 2 aliphatic rings. The highest BCUT2D eigenvalue weighted by Crippen LogP contribution is 2.36. The first-order chi connectivity index (χ1) is 12.0. The van der Waals surface area contributed by atoms with E-state index in [-0.39, 0.29) is 23.9 Å². The molecule has 26 heavy (non-hydrogen) atoms. The van der Waals surface area contributed by atoms with E-state index in [0.29, 0.717) is 15.6 Å². The van der Waals surface area contributed by atoms with Gasteiger partial charge in [-0.3, -0.25) is 9.69 Å². The number of piperidine rings is 1. The molecule has 0 unspecified atom stereocenters. The summed E-state index contributed by atoms with van der Waals surface area (Å²) in [6.45, 7) is 3.15. The van der Waals surface area contributed by atoms with E-state index in [1.165, 1.54) is 64.5 Å². The molecule has 3 nitrogen and oxygen atoms in total. The smallest absolute Gasteiger partial charge is 0.253 e. The van der Waals surface area contributed by atoms with Crippen molar-refractivity contribution >= 4 is 41.5 Å². The van der Waals surface area contributed by atoms with Gasteiger partial charge in [0.25, 0.3) is 5.91 Å². The first-order valence-corrected chi connectivity index (χ1v) is 10.2. The molecule has 0 aromatic heterocycles. The summed E-state index contributed by atoms with van der Waals surface area (Å²) in [5, 5.41) is 0.919. The van der Waals surface area contributed by atoms with E-state index < -0.39 is 0 Å². The van der Waals surface area contributed by atoms with E-state index >= 15 is 0 Å². The molecular weight excluding hydrogens is 391 g/mol. The molecular formula is C20H29Cl3N2O. The van der Waals surface area contributed by atoms with Gasteiger partial charge < -0.3 is 4.90 Å². The molecule has 1 aromatic rings. The number of likely N-dealkylation sites (tertiary alicyclic amines) is 1. The average molecular weight is 420 g/mol. The normalized spacial score (nSPS) is 20.3. The number of amides is 1. The van der Waals surface area contributed by atoms with Crippen LogP contribution in [0.5, 0.6) is 0 Å². The number of hydrogen-bond donors (Lipinski definition) is 0. The topological polar surface area (TPSA) is 23.6 Å². The highest BCUT2D eigenvalue weighted by Gasteiger charge is 2.40. The minimum Gasteiger partial charge on any atom is -0.340 e. The molecule has 146 valence electrons. The summed E-state index contributed by atoms with van der Waals surface area (Å²) in [6.07, 6.45) is 10.2.